The van der Waals surface area contributed by atoms with Crippen molar-refractivity contribution in [2.24, 2.45) is 10.9 Å². The molecule has 3 N–H and O–H groups in total. The third kappa shape index (κ3) is 3.06. The second kappa shape index (κ2) is 6.27. The molecule has 0 unspecified atom stereocenters. The first-order valence-electron chi connectivity index (χ1n) is 5.01. The molecule has 0 saturated carbocycles. The third-order valence-electron chi connectivity index (χ3n) is 2.03. The first kappa shape index (κ1) is 12.7. The van der Waals surface area contributed by atoms with Crippen molar-refractivity contribution in [3.8, 4) is 5.75 Å². The highest BCUT2D eigenvalue weighted by atomic mass is 32.2. The van der Waals surface area contributed by atoms with Crippen LogP contribution in [0.3, 0.4) is 0 Å². The third-order valence-corrected chi connectivity index (χ3v) is 3.30. The van der Waals surface area contributed by atoms with Gasteiger partial charge in [0.15, 0.2) is 5.84 Å². The SMILES string of the molecule is CCCSc1cc(OC)ccc1/C(N)=N/O. The van der Waals surface area contributed by atoms with Crippen LogP contribution in [0.1, 0.15) is 18.9 Å². The van der Waals surface area contributed by atoms with Gasteiger partial charge in [-0.25, -0.2) is 0 Å². The zero-order valence-electron chi connectivity index (χ0n) is 9.43. The van der Waals surface area contributed by atoms with Crippen LogP contribution in [0.25, 0.3) is 0 Å². The molecule has 0 bridgehead atoms. The summed E-state index contributed by atoms with van der Waals surface area (Å²) in [6, 6.07) is 5.49. The molecule has 0 fully saturated rings. The van der Waals surface area contributed by atoms with Gasteiger partial charge in [-0.1, -0.05) is 12.1 Å². The number of nitrogens with zero attached hydrogens (tertiary/aromatic N) is 1. The van der Waals surface area contributed by atoms with Gasteiger partial charge in [-0.2, -0.15) is 0 Å². The van der Waals surface area contributed by atoms with Gasteiger partial charge < -0.3 is 15.7 Å². The highest BCUT2D eigenvalue weighted by Crippen LogP contribution is 2.27. The smallest absolute Gasteiger partial charge is 0.171 e. The number of methoxy groups -OCH3 is 1. The molecule has 0 aliphatic rings. The molecule has 1 rings (SSSR count). The van der Waals surface area contributed by atoms with Gasteiger partial charge in [0.2, 0.25) is 0 Å². The average molecular weight is 240 g/mol. The summed E-state index contributed by atoms with van der Waals surface area (Å²) in [5.41, 5.74) is 6.34. The summed E-state index contributed by atoms with van der Waals surface area (Å²) in [7, 11) is 1.62. The molecule has 0 aliphatic heterocycles. The Kier molecular flexibility index (Phi) is 4.98. The van der Waals surface area contributed by atoms with Gasteiger partial charge in [-0.3, -0.25) is 0 Å². The van der Waals surface area contributed by atoms with Crippen LogP contribution in [0, 0.1) is 0 Å². The zero-order valence-corrected chi connectivity index (χ0v) is 10.3. The molecular weight excluding hydrogens is 224 g/mol. The lowest BCUT2D eigenvalue weighted by Gasteiger charge is -2.09. The normalized spacial score (nSPS) is 11.5. The van der Waals surface area contributed by atoms with E-state index in [1.54, 1.807) is 31.0 Å². The Labute approximate surface area is 99.5 Å². The molecule has 0 aliphatic carbocycles. The summed E-state index contributed by atoms with van der Waals surface area (Å²) < 4.78 is 5.15. The van der Waals surface area contributed by atoms with E-state index in [1.807, 2.05) is 6.07 Å². The van der Waals surface area contributed by atoms with E-state index in [0.717, 1.165) is 28.4 Å². The van der Waals surface area contributed by atoms with Gasteiger partial charge in [0.1, 0.15) is 5.75 Å². The molecule has 0 aromatic heterocycles. The van der Waals surface area contributed by atoms with Gasteiger partial charge in [-0.15, -0.1) is 11.8 Å². The number of benzene rings is 1. The number of thioether (sulfide) groups is 1. The molecule has 1 aromatic rings. The van der Waals surface area contributed by atoms with Gasteiger partial charge in [0.25, 0.3) is 0 Å². The molecule has 0 atom stereocenters. The first-order valence-corrected chi connectivity index (χ1v) is 6.00. The van der Waals surface area contributed by atoms with E-state index < -0.39 is 0 Å². The number of hydrogen-bond donors (Lipinski definition) is 2. The lowest BCUT2D eigenvalue weighted by atomic mass is 10.2. The molecule has 0 saturated heterocycles. The topological polar surface area (TPSA) is 67.8 Å². The van der Waals surface area contributed by atoms with Gasteiger partial charge in [0, 0.05) is 10.5 Å². The second-order valence-corrected chi connectivity index (χ2v) is 4.33. The molecular formula is C11H16N2O2S. The minimum atomic E-state index is 0.126. The summed E-state index contributed by atoms with van der Waals surface area (Å²) in [4.78, 5) is 0.969. The Morgan fingerprint density at radius 3 is 2.88 bits per heavy atom. The van der Waals surface area contributed by atoms with Gasteiger partial charge >= 0.3 is 0 Å². The standard InChI is InChI=1S/C11H16N2O2S/c1-3-6-16-10-7-8(15-2)4-5-9(10)11(12)13-14/h4-5,7,14H,3,6H2,1-2H3,(H2,12,13). The maximum Gasteiger partial charge on any atom is 0.171 e. The van der Waals surface area contributed by atoms with E-state index in [9.17, 15) is 0 Å². The van der Waals surface area contributed by atoms with E-state index in [-0.39, 0.29) is 5.84 Å². The van der Waals surface area contributed by atoms with E-state index >= 15 is 0 Å². The predicted molar refractivity (Wildman–Crippen MR) is 66.5 cm³/mol. The van der Waals surface area contributed by atoms with Crippen LogP contribution in [0.2, 0.25) is 0 Å². The maximum atomic E-state index is 8.69. The lowest BCUT2D eigenvalue weighted by Crippen LogP contribution is -2.14. The molecule has 4 nitrogen and oxygen atoms in total. The largest absolute Gasteiger partial charge is 0.497 e. The van der Waals surface area contributed by atoms with Crippen molar-refractivity contribution >= 4 is 17.6 Å². The van der Waals surface area contributed by atoms with Crippen molar-refractivity contribution in [2.75, 3.05) is 12.9 Å². The fraction of sp³-hybridized carbons (Fsp3) is 0.364. The van der Waals surface area contributed by atoms with Crippen LogP contribution in [-0.2, 0) is 0 Å². The van der Waals surface area contributed by atoms with Crippen LogP contribution in [0.4, 0.5) is 0 Å². The number of rotatable bonds is 5. The maximum absolute atomic E-state index is 8.69. The average Bonchev–Trinajstić information content (AvgIpc) is 2.34. The summed E-state index contributed by atoms with van der Waals surface area (Å²) in [6.07, 6.45) is 1.07. The molecule has 0 spiro atoms. The van der Waals surface area contributed by atoms with Crippen LogP contribution in [0.15, 0.2) is 28.3 Å². The number of oxime groups is 1. The number of nitrogens with two attached hydrogens (primary N) is 1. The molecule has 16 heavy (non-hydrogen) atoms. The van der Waals surface area contributed by atoms with Crippen molar-refractivity contribution in [1.82, 2.24) is 0 Å². The second-order valence-electron chi connectivity index (χ2n) is 3.20. The molecule has 0 heterocycles. The van der Waals surface area contributed by atoms with Crippen molar-refractivity contribution < 1.29 is 9.94 Å². The van der Waals surface area contributed by atoms with Gasteiger partial charge in [-0.05, 0) is 30.4 Å². The van der Waals surface area contributed by atoms with Crippen molar-refractivity contribution in [2.45, 2.75) is 18.2 Å². The van der Waals surface area contributed by atoms with E-state index in [1.165, 1.54) is 0 Å². The minimum Gasteiger partial charge on any atom is -0.497 e. The molecule has 0 radical (unpaired) electrons. The zero-order chi connectivity index (χ0) is 12.0. The first-order chi connectivity index (χ1) is 7.72. The van der Waals surface area contributed by atoms with Crippen LogP contribution >= 0.6 is 11.8 Å². The Morgan fingerprint density at radius 1 is 1.56 bits per heavy atom. The van der Waals surface area contributed by atoms with Crippen molar-refractivity contribution in [3.63, 3.8) is 0 Å². The Balaban J connectivity index is 3.06. The Bertz CT molecular complexity index is 380. The minimum absolute atomic E-state index is 0.126. The Morgan fingerprint density at radius 2 is 2.31 bits per heavy atom. The highest BCUT2D eigenvalue weighted by molar-refractivity contribution is 7.99. The van der Waals surface area contributed by atoms with E-state index in [0.29, 0.717) is 0 Å². The van der Waals surface area contributed by atoms with Crippen LogP contribution < -0.4 is 10.5 Å². The molecule has 1 aromatic carbocycles. The molecule has 5 heteroatoms. The summed E-state index contributed by atoms with van der Waals surface area (Å²) in [6.45, 7) is 2.11. The quantitative estimate of drug-likeness (QED) is 0.272. The fourth-order valence-corrected chi connectivity index (χ4v) is 2.18. The van der Waals surface area contributed by atoms with Crippen molar-refractivity contribution in [1.29, 1.82) is 0 Å². The van der Waals surface area contributed by atoms with Crippen LogP contribution in [0.5, 0.6) is 5.75 Å². The Hall–Kier alpha value is -1.36. The fourth-order valence-electron chi connectivity index (χ4n) is 1.23. The number of amidine groups is 1. The summed E-state index contributed by atoms with van der Waals surface area (Å²) >= 11 is 1.67. The molecule has 88 valence electrons. The van der Waals surface area contributed by atoms with E-state index in [2.05, 4.69) is 12.1 Å². The highest BCUT2D eigenvalue weighted by Gasteiger charge is 2.08. The van der Waals surface area contributed by atoms with E-state index in [4.69, 9.17) is 15.7 Å². The number of ether oxygens (including phenoxy) is 1. The number of hydrogen-bond acceptors (Lipinski definition) is 4. The lowest BCUT2D eigenvalue weighted by molar-refractivity contribution is 0.318. The summed E-state index contributed by atoms with van der Waals surface area (Å²) in [5.74, 6) is 1.88. The van der Waals surface area contributed by atoms with Gasteiger partial charge in [0.05, 0.1) is 7.11 Å². The predicted octanol–water partition coefficient (Wildman–Crippen LogP) is 2.29. The monoisotopic (exact) mass is 240 g/mol. The van der Waals surface area contributed by atoms with Crippen LogP contribution in [-0.4, -0.2) is 23.9 Å². The summed E-state index contributed by atoms with van der Waals surface area (Å²) in [5, 5.41) is 11.7. The molecule has 0 amide bonds. The van der Waals surface area contributed by atoms with Crippen molar-refractivity contribution in [3.05, 3.63) is 23.8 Å².